The SMILES string of the molecule is c1c2c(cc3c1-c1nc-3nc3[nH]c(nc4nc(nc5[nH]c(n1)c1cc6c(cc51)N=S=N6)-c1cc5c(cc1-4)N=S=N5)c1cc4c(cc31)N=S=N4)N=S=N2. The van der Waals surface area contributed by atoms with Crippen molar-refractivity contribution in [3.63, 3.8) is 0 Å². The summed E-state index contributed by atoms with van der Waals surface area (Å²) in [5.41, 5.74) is 11.3. The molecule has 7 aromatic rings. The van der Waals surface area contributed by atoms with Crippen LogP contribution in [0.15, 0.2) is 83.4 Å². The number of aromatic nitrogens is 8. The molecular weight excluding hydrogens is 737 g/mol. The molecule has 20 heteroatoms. The number of aromatic amines is 2. The van der Waals surface area contributed by atoms with E-state index in [2.05, 4.69) is 44.9 Å². The highest BCUT2D eigenvalue weighted by Crippen LogP contribution is 2.47. The van der Waals surface area contributed by atoms with E-state index in [0.29, 0.717) is 45.9 Å². The lowest BCUT2D eigenvalue weighted by molar-refractivity contribution is 1.19. The van der Waals surface area contributed by atoms with Gasteiger partial charge in [-0.15, -0.1) is 0 Å². The van der Waals surface area contributed by atoms with Crippen LogP contribution in [-0.2, 0) is 45.4 Å². The monoisotopic (exact) mass is 746 g/mol. The Kier molecular flexibility index (Phi) is 5.06. The van der Waals surface area contributed by atoms with E-state index < -0.39 is 0 Å². The topological polar surface area (TPSA) is 208 Å². The van der Waals surface area contributed by atoms with Gasteiger partial charge in [0.1, 0.15) is 68.1 Å². The van der Waals surface area contributed by atoms with Gasteiger partial charge in [0.2, 0.25) is 0 Å². The molecule has 0 radical (unpaired) electrons. The summed E-state index contributed by atoms with van der Waals surface area (Å²) >= 11 is 4.62. The summed E-state index contributed by atoms with van der Waals surface area (Å²) in [7, 11) is 0. The van der Waals surface area contributed by atoms with Gasteiger partial charge in [-0.3, -0.25) is 0 Å². The lowest BCUT2D eigenvalue weighted by Gasteiger charge is -2.01. The standard InChI is InChI=1S/C32H10N16S4/c1-9-10(2-18-17(1)41-49-42-18)26-33-25(9)37-27-11-3-19-20(44-50-43-19)4-12(11)29(34-27)39-31-15-7-23-24(48-52-47-23)8-16(15)32(36-31)40-30-14-6-22-21(45-51-46-22)5-13(14)28(35-30)38-26/h1-8H,(H2,33,34,35,36,37,38,39,40). The minimum absolute atomic E-state index is 0.464. The minimum atomic E-state index is 0.464. The van der Waals surface area contributed by atoms with Crippen molar-refractivity contribution in [2.24, 2.45) is 34.9 Å². The summed E-state index contributed by atoms with van der Waals surface area (Å²) < 4.78 is 36.0. The molecular formula is C32H10N16S4. The van der Waals surface area contributed by atoms with Crippen LogP contribution < -0.4 is 0 Å². The number of nitrogens with zero attached hydrogens (tertiary/aromatic N) is 14. The van der Waals surface area contributed by atoms with Crippen LogP contribution in [0.3, 0.4) is 0 Å². The molecule has 0 aliphatic carbocycles. The lowest BCUT2D eigenvalue weighted by atomic mass is 10.1. The molecule has 4 aromatic carbocycles. The van der Waals surface area contributed by atoms with Crippen LogP contribution >= 0.6 is 0 Å². The van der Waals surface area contributed by atoms with Crippen molar-refractivity contribution in [1.29, 1.82) is 0 Å². The molecule has 8 bridgehead atoms. The first-order chi connectivity index (χ1) is 25.7. The summed E-state index contributed by atoms with van der Waals surface area (Å²) in [5, 5.41) is 3.23. The number of nitrogens with one attached hydrogen (secondary N) is 2. The number of benzene rings is 4. The fourth-order valence-corrected chi connectivity index (χ4v) is 8.94. The van der Waals surface area contributed by atoms with Crippen LogP contribution in [0.1, 0.15) is 0 Å². The van der Waals surface area contributed by atoms with Gasteiger partial charge in [0, 0.05) is 43.8 Å². The van der Waals surface area contributed by atoms with Crippen LogP contribution in [0.4, 0.5) is 45.5 Å². The highest BCUT2D eigenvalue weighted by Gasteiger charge is 2.26. The highest BCUT2D eigenvalue weighted by molar-refractivity contribution is 7.58. The second-order valence-electron chi connectivity index (χ2n) is 12.2. The molecule has 16 nitrogen and oxygen atoms in total. The summed E-state index contributed by atoms with van der Waals surface area (Å²) in [6, 6.07) is 15.7. The molecule has 242 valence electrons. The molecule has 3 aromatic heterocycles. The third kappa shape index (κ3) is 3.72. The summed E-state index contributed by atoms with van der Waals surface area (Å²) in [4.78, 5) is 37.6. The largest absolute Gasteiger partial charge is 0.324 e. The number of hydrogen-bond acceptors (Lipinski definition) is 14. The summed E-state index contributed by atoms with van der Waals surface area (Å²) in [5.74, 6) is 1.86. The van der Waals surface area contributed by atoms with Gasteiger partial charge >= 0.3 is 0 Å². The smallest absolute Gasteiger partial charge is 0.164 e. The van der Waals surface area contributed by atoms with Gasteiger partial charge in [0.25, 0.3) is 0 Å². The Balaban J connectivity index is 1.22. The van der Waals surface area contributed by atoms with Crippen molar-refractivity contribution in [2.75, 3.05) is 0 Å². The van der Waals surface area contributed by atoms with Crippen LogP contribution in [0, 0.1) is 0 Å². The van der Waals surface area contributed by atoms with E-state index in [9.17, 15) is 0 Å². The predicted octanol–water partition coefficient (Wildman–Crippen LogP) is 9.77. The molecule has 0 fully saturated rings. The zero-order valence-corrected chi connectivity index (χ0v) is 28.8. The maximum Gasteiger partial charge on any atom is 0.164 e. The Bertz CT molecular complexity index is 3050. The molecule has 0 atom stereocenters. The Morgan fingerprint density at radius 1 is 0.288 bits per heavy atom. The second-order valence-corrected chi connectivity index (χ2v) is 14.3. The van der Waals surface area contributed by atoms with E-state index in [1.807, 2.05) is 48.5 Å². The molecule has 6 aliphatic heterocycles. The first-order valence-corrected chi connectivity index (χ1v) is 18.5. The van der Waals surface area contributed by atoms with E-state index in [4.69, 9.17) is 29.9 Å². The summed E-state index contributed by atoms with van der Waals surface area (Å²) in [6.45, 7) is 0. The molecule has 52 heavy (non-hydrogen) atoms. The molecule has 0 saturated carbocycles. The van der Waals surface area contributed by atoms with E-state index in [-0.39, 0.29) is 0 Å². The van der Waals surface area contributed by atoms with Gasteiger partial charge in [-0.2, -0.15) is 34.9 Å². The zero-order valence-electron chi connectivity index (χ0n) is 25.5. The van der Waals surface area contributed by atoms with Crippen molar-refractivity contribution in [3.05, 3.63) is 48.5 Å². The van der Waals surface area contributed by atoms with E-state index >= 15 is 0 Å². The molecule has 0 spiro atoms. The Morgan fingerprint density at radius 3 is 0.769 bits per heavy atom. The van der Waals surface area contributed by atoms with Crippen LogP contribution in [0.2, 0.25) is 0 Å². The molecule has 0 amide bonds. The predicted molar refractivity (Wildman–Crippen MR) is 202 cm³/mol. The van der Waals surface area contributed by atoms with Crippen molar-refractivity contribution < 1.29 is 0 Å². The quantitative estimate of drug-likeness (QED) is 0.154. The Morgan fingerprint density at radius 2 is 0.519 bits per heavy atom. The minimum Gasteiger partial charge on any atom is -0.324 e. The normalized spacial score (nSPS) is 14.5. The lowest BCUT2D eigenvalue weighted by Crippen LogP contribution is -1.83. The molecule has 9 heterocycles. The zero-order chi connectivity index (χ0) is 33.7. The molecule has 0 unspecified atom stereocenters. The third-order valence-electron chi connectivity index (χ3n) is 9.32. The second kappa shape index (κ2) is 9.64. The van der Waals surface area contributed by atoms with Gasteiger partial charge in [0.15, 0.2) is 23.3 Å². The maximum absolute atomic E-state index is 5.14. The average Bonchev–Trinajstić information content (AvgIpc) is 4.01. The first kappa shape index (κ1) is 27.3. The fourth-order valence-electron chi connectivity index (χ4n) is 6.90. The highest BCUT2D eigenvalue weighted by atomic mass is 32.1. The molecule has 6 aliphatic rings. The number of H-pyrrole nitrogens is 2. The first-order valence-electron chi connectivity index (χ1n) is 15.6. The van der Waals surface area contributed by atoms with E-state index in [1.54, 1.807) is 0 Å². The summed E-state index contributed by atoms with van der Waals surface area (Å²) in [6.07, 6.45) is 0. The third-order valence-corrected chi connectivity index (χ3v) is 11.6. The molecule has 2 N–H and O–H groups in total. The van der Waals surface area contributed by atoms with Crippen LogP contribution in [0.25, 0.3) is 89.7 Å². The Labute approximate surface area is 302 Å². The molecule has 0 saturated heterocycles. The van der Waals surface area contributed by atoms with E-state index in [0.717, 1.165) is 135 Å². The fraction of sp³-hybridized carbons (Fsp3) is 0. The van der Waals surface area contributed by atoms with Crippen molar-refractivity contribution in [3.8, 4) is 45.6 Å². The van der Waals surface area contributed by atoms with Crippen LogP contribution in [0.5, 0.6) is 0 Å². The molecule has 13 rings (SSSR count). The number of fused-ring (bicyclic) bond motifs is 24. The number of rotatable bonds is 0. The van der Waals surface area contributed by atoms with Crippen molar-refractivity contribution in [1.82, 2.24) is 39.9 Å². The number of hydrogen-bond donors (Lipinski definition) is 2. The Hall–Kier alpha value is -6.48. The van der Waals surface area contributed by atoms with Crippen LogP contribution in [-0.4, -0.2) is 39.9 Å². The average molecular weight is 747 g/mol. The van der Waals surface area contributed by atoms with Crippen molar-refractivity contribution in [2.45, 2.75) is 0 Å². The van der Waals surface area contributed by atoms with Gasteiger partial charge in [-0.05, 0) is 48.5 Å². The van der Waals surface area contributed by atoms with Gasteiger partial charge < -0.3 is 9.97 Å². The van der Waals surface area contributed by atoms with Gasteiger partial charge in [-0.25, -0.2) is 29.9 Å². The van der Waals surface area contributed by atoms with Gasteiger partial charge in [-0.1, -0.05) is 0 Å². The maximum atomic E-state index is 5.14. The van der Waals surface area contributed by atoms with E-state index in [1.165, 1.54) is 0 Å². The van der Waals surface area contributed by atoms with Crippen molar-refractivity contribution >= 4 is 135 Å². The van der Waals surface area contributed by atoms with Gasteiger partial charge in [0.05, 0.1) is 45.4 Å².